The smallest absolute Gasteiger partial charge is 0.240 e. The quantitative estimate of drug-likeness (QED) is 0.729. The first kappa shape index (κ1) is 17.5. The molecule has 5 nitrogen and oxygen atoms in total. The number of nitrogens with one attached hydrogen (secondary N) is 2. The predicted octanol–water partition coefficient (Wildman–Crippen LogP) is 1.81. The maximum absolute atomic E-state index is 12.7. The van der Waals surface area contributed by atoms with Crippen molar-refractivity contribution in [2.24, 2.45) is 17.3 Å². The molecule has 6 heteroatoms. The summed E-state index contributed by atoms with van der Waals surface area (Å²) in [4.78, 5) is 12.6. The van der Waals surface area contributed by atoms with Crippen molar-refractivity contribution in [2.75, 3.05) is 7.05 Å². The maximum Gasteiger partial charge on any atom is 0.240 e. The molecule has 4 atom stereocenters. The molecule has 2 unspecified atom stereocenters. The molecule has 22 heavy (non-hydrogen) atoms. The molecule has 1 amide bonds. The first-order chi connectivity index (χ1) is 10.3. The van der Waals surface area contributed by atoms with Gasteiger partial charge in [0.15, 0.2) is 0 Å². The van der Waals surface area contributed by atoms with Crippen LogP contribution in [0.4, 0.5) is 0 Å². The van der Waals surface area contributed by atoms with Gasteiger partial charge < -0.3 is 5.32 Å². The fourth-order valence-corrected chi connectivity index (χ4v) is 5.67. The molecular formula is C16H28N2O3S. The Bertz CT molecular complexity index is 544. The summed E-state index contributed by atoms with van der Waals surface area (Å²) < 4.78 is 27.7. The fourth-order valence-electron chi connectivity index (χ4n) is 3.88. The average Bonchev–Trinajstić information content (AvgIpc) is 3.23. The first-order valence-electron chi connectivity index (χ1n) is 8.15. The van der Waals surface area contributed by atoms with Crippen LogP contribution in [-0.4, -0.2) is 32.7 Å². The summed E-state index contributed by atoms with van der Waals surface area (Å²) in [5.41, 5.74) is -0.599. The van der Waals surface area contributed by atoms with Gasteiger partial charge in [0.2, 0.25) is 15.9 Å². The molecule has 0 aromatic heterocycles. The molecule has 0 saturated heterocycles. The lowest BCUT2D eigenvalue weighted by molar-refractivity contribution is -0.126. The van der Waals surface area contributed by atoms with Crippen LogP contribution in [0.5, 0.6) is 0 Å². The number of allylic oxidation sites excluding steroid dienone is 1. The van der Waals surface area contributed by atoms with Gasteiger partial charge >= 0.3 is 0 Å². The van der Waals surface area contributed by atoms with E-state index in [1.807, 2.05) is 13.8 Å². The highest BCUT2D eigenvalue weighted by atomic mass is 32.2. The monoisotopic (exact) mass is 328 g/mol. The number of sulfonamides is 1. The molecule has 0 heterocycles. The zero-order valence-corrected chi connectivity index (χ0v) is 14.6. The van der Waals surface area contributed by atoms with E-state index in [1.54, 1.807) is 13.1 Å². The minimum absolute atomic E-state index is 0.0779. The first-order valence-corrected chi connectivity index (χ1v) is 9.70. The van der Waals surface area contributed by atoms with E-state index in [0.29, 0.717) is 12.8 Å². The van der Waals surface area contributed by atoms with Crippen LogP contribution >= 0.6 is 0 Å². The van der Waals surface area contributed by atoms with E-state index in [-0.39, 0.29) is 23.8 Å². The minimum Gasteiger partial charge on any atom is -0.316 e. The van der Waals surface area contributed by atoms with Crippen LogP contribution in [0.2, 0.25) is 0 Å². The van der Waals surface area contributed by atoms with Crippen molar-refractivity contribution in [2.45, 2.75) is 57.2 Å². The zero-order chi connectivity index (χ0) is 16.5. The lowest BCUT2D eigenvalue weighted by Gasteiger charge is -2.31. The highest BCUT2D eigenvalue weighted by Gasteiger charge is 2.61. The zero-order valence-electron chi connectivity index (χ0n) is 13.8. The molecule has 2 saturated carbocycles. The van der Waals surface area contributed by atoms with Gasteiger partial charge in [0.05, 0.1) is 10.7 Å². The highest BCUT2D eigenvalue weighted by molar-refractivity contribution is 7.90. The highest BCUT2D eigenvalue weighted by Crippen LogP contribution is 2.58. The van der Waals surface area contributed by atoms with Crippen LogP contribution in [0.25, 0.3) is 0 Å². The van der Waals surface area contributed by atoms with E-state index in [4.69, 9.17) is 0 Å². The normalized spacial score (nSPS) is 35.2. The second kappa shape index (κ2) is 6.32. The van der Waals surface area contributed by atoms with Gasteiger partial charge in [0.1, 0.15) is 0 Å². The summed E-state index contributed by atoms with van der Waals surface area (Å²) in [7, 11) is -1.87. The molecule has 0 aromatic rings. The summed E-state index contributed by atoms with van der Waals surface area (Å²) in [6.45, 7) is 7.68. The largest absolute Gasteiger partial charge is 0.316 e. The Balaban J connectivity index is 2.14. The lowest BCUT2D eigenvalue weighted by Crippen LogP contribution is -2.52. The molecular weight excluding hydrogens is 300 g/mol. The van der Waals surface area contributed by atoms with Crippen LogP contribution in [-0.2, 0) is 14.8 Å². The third-order valence-electron chi connectivity index (χ3n) is 5.50. The van der Waals surface area contributed by atoms with E-state index in [9.17, 15) is 13.2 Å². The minimum atomic E-state index is -3.65. The molecule has 2 fully saturated rings. The van der Waals surface area contributed by atoms with Crippen LogP contribution in [0.3, 0.4) is 0 Å². The molecule has 0 aromatic carbocycles. The molecule has 126 valence electrons. The lowest BCUT2D eigenvalue weighted by atomic mass is 9.89. The van der Waals surface area contributed by atoms with Crippen LogP contribution in [0, 0.1) is 17.3 Å². The SMILES string of the molecule is C=C[C@@H]1C[C@@]1(C(=O)NS(=O)(=O)C1CCCCC1NC)C(C)C. The second-order valence-electron chi connectivity index (χ2n) is 6.94. The molecule has 2 aliphatic rings. The van der Waals surface area contributed by atoms with Gasteiger partial charge in [0.25, 0.3) is 0 Å². The van der Waals surface area contributed by atoms with Crippen LogP contribution in [0.1, 0.15) is 46.0 Å². The second-order valence-corrected chi connectivity index (χ2v) is 8.84. The van der Waals surface area contributed by atoms with Crippen molar-refractivity contribution in [3.8, 4) is 0 Å². The molecule has 0 radical (unpaired) electrons. The van der Waals surface area contributed by atoms with Crippen LogP contribution < -0.4 is 10.0 Å². The van der Waals surface area contributed by atoms with Gasteiger partial charge in [-0.15, -0.1) is 6.58 Å². The Morgan fingerprint density at radius 1 is 1.32 bits per heavy atom. The van der Waals surface area contributed by atoms with E-state index >= 15 is 0 Å². The van der Waals surface area contributed by atoms with E-state index in [1.165, 1.54) is 0 Å². The predicted molar refractivity (Wildman–Crippen MR) is 87.7 cm³/mol. The molecule has 2 rings (SSSR count). The van der Waals surface area contributed by atoms with Gasteiger partial charge in [0, 0.05) is 6.04 Å². The van der Waals surface area contributed by atoms with E-state index in [0.717, 1.165) is 19.3 Å². The van der Waals surface area contributed by atoms with Crippen molar-refractivity contribution < 1.29 is 13.2 Å². The number of hydrogen-bond acceptors (Lipinski definition) is 4. The van der Waals surface area contributed by atoms with Gasteiger partial charge in [-0.2, -0.15) is 0 Å². The number of carbonyl (C=O) groups is 1. The number of amides is 1. The summed E-state index contributed by atoms with van der Waals surface area (Å²) in [5.74, 6) is -0.181. The Kier molecular flexibility index (Phi) is 5.02. The van der Waals surface area contributed by atoms with Crippen molar-refractivity contribution in [3.63, 3.8) is 0 Å². The summed E-state index contributed by atoms with van der Waals surface area (Å²) in [5, 5.41) is 2.56. The Hall–Kier alpha value is -0.880. The third kappa shape index (κ3) is 2.95. The molecule has 2 N–H and O–H groups in total. The molecule has 0 spiro atoms. The Morgan fingerprint density at radius 2 is 1.95 bits per heavy atom. The Morgan fingerprint density at radius 3 is 2.45 bits per heavy atom. The maximum atomic E-state index is 12.7. The van der Waals surface area contributed by atoms with E-state index < -0.39 is 20.7 Å². The summed E-state index contributed by atoms with van der Waals surface area (Å²) >= 11 is 0. The van der Waals surface area contributed by atoms with Crippen molar-refractivity contribution >= 4 is 15.9 Å². The molecule has 2 aliphatic carbocycles. The third-order valence-corrected chi connectivity index (χ3v) is 7.33. The van der Waals surface area contributed by atoms with Crippen molar-refractivity contribution in [3.05, 3.63) is 12.7 Å². The van der Waals surface area contributed by atoms with Crippen molar-refractivity contribution in [1.29, 1.82) is 0 Å². The van der Waals surface area contributed by atoms with Gasteiger partial charge in [-0.3, -0.25) is 9.52 Å². The number of rotatable bonds is 6. The van der Waals surface area contributed by atoms with Gasteiger partial charge in [-0.1, -0.05) is 32.8 Å². The summed E-state index contributed by atoms with van der Waals surface area (Å²) in [6, 6.07) is -0.0801. The topological polar surface area (TPSA) is 75.3 Å². The van der Waals surface area contributed by atoms with Gasteiger partial charge in [-0.25, -0.2) is 8.42 Å². The van der Waals surface area contributed by atoms with Gasteiger partial charge in [-0.05, 0) is 38.1 Å². The molecule has 0 bridgehead atoms. The van der Waals surface area contributed by atoms with Crippen LogP contribution in [0.15, 0.2) is 12.7 Å². The Labute approximate surface area is 134 Å². The average molecular weight is 328 g/mol. The summed E-state index contributed by atoms with van der Waals surface area (Å²) in [6.07, 6.45) is 5.82. The number of hydrogen-bond donors (Lipinski definition) is 2. The van der Waals surface area contributed by atoms with Crippen molar-refractivity contribution in [1.82, 2.24) is 10.0 Å². The van der Waals surface area contributed by atoms with E-state index in [2.05, 4.69) is 16.6 Å². The fraction of sp³-hybridized carbons (Fsp3) is 0.812. The standard InChI is InChI=1S/C16H28N2O3S/c1-5-12-10-16(12,11(2)3)15(19)18-22(20,21)14-9-7-6-8-13(14)17-4/h5,11-14,17H,1,6-10H2,2-4H3,(H,18,19)/t12-,13?,14?,16-/m1/s1. The molecule has 0 aliphatic heterocycles. The number of carbonyl (C=O) groups excluding carboxylic acids is 1.